The van der Waals surface area contributed by atoms with Crippen LogP contribution in [0.4, 0.5) is 0 Å². The Labute approximate surface area is 175 Å². The van der Waals surface area contributed by atoms with Crippen LogP contribution in [-0.4, -0.2) is 29.8 Å². The molecule has 30 heavy (non-hydrogen) atoms. The summed E-state index contributed by atoms with van der Waals surface area (Å²) in [7, 11) is -3.91. The number of benzene rings is 2. The van der Waals surface area contributed by atoms with E-state index in [0.29, 0.717) is 39.4 Å². The van der Waals surface area contributed by atoms with E-state index in [9.17, 15) is 13.2 Å². The molecule has 0 unspecified atom stereocenters. The first-order valence-corrected chi connectivity index (χ1v) is 11.1. The molecule has 4 aromatic rings. The highest BCUT2D eigenvalue weighted by Crippen LogP contribution is 2.40. The molecule has 6 nitrogen and oxygen atoms in total. The SMILES string of the molecule is Cc1ccc(S(=O)(=O)n2c3cccc(OC(C)C)c3c3c(C)c(C=O)ncc32)cc1. The molecule has 154 valence electrons. The third kappa shape index (κ3) is 3.06. The van der Waals surface area contributed by atoms with E-state index in [2.05, 4.69) is 4.98 Å². The topological polar surface area (TPSA) is 78.3 Å². The molecule has 0 bridgehead atoms. The van der Waals surface area contributed by atoms with Crippen molar-refractivity contribution in [2.45, 2.75) is 38.7 Å². The molecule has 0 aliphatic heterocycles. The van der Waals surface area contributed by atoms with Gasteiger partial charge in [-0.05, 0) is 57.5 Å². The molecule has 0 saturated carbocycles. The fraction of sp³-hybridized carbons (Fsp3) is 0.217. The van der Waals surface area contributed by atoms with E-state index in [1.165, 1.54) is 10.2 Å². The van der Waals surface area contributed by atoms with Crippen LogP contribution in [-0.2, 0) is 10.0 Å². The Morgan fingerprint density at radius 1 is 1.00 bits per heavy atom. The summed E-state index contributed by atoms with van der Waals surface area (Å²) >= 11 is 0. The fourth-order valence-electron chi connectivity index (χ4n) is 3.70. The zero-order chi connectivity index (χ0) is 21.6. The van der Waals surface area contributed by atoms with Gasteiger partial charge < -0.3 is 4.74 Å². The van der Waals surface area contributed by atoms with Gasteiger partial charge in [0.25, 0.3) is 10.0 Å². The largest absolute Gasteiger partial charge is 0.490 e. The van der Waals surface area contributed by atoms with Crippen LogP contribution in [0.5, 0.6) is 5.75 Å². The zero-order valence-corrected chi connectivity index (χ0v) is 18.0. The minimum atomic E-state index is -3.91. The normalized spacial score (nSPS) is 12.0. The maximum atomic E-state index is 13.7. The third-order valence-electron chi connectivity index (χ3n) is 5.07. The van der Waals surface area contributed by atoms with Crippen LogP contribution in [0, 0.1) is 13.8 Å². The van der Waals surface area contributed by atoms with E-state index >= 15 is 0 Å². The predicted molar refractivity (Wildman–Crippen MR) is 117 cm³/mol. The van der Waals surface area contributed by atoms with Crippen LogP contribution in [0.3, 0.4) is 0 Å². The number of fused-ring (bicyclic) bond motifs is 3. The number of aromatic nitrogens is 2. The number of rotatable bonds is 5. The Hall–Kier alpha value is -3.19. The van der Waals surface area contributed by atoms with E-state index in [1.54, 1.807) is 43.3 Å². The first-order chi connectivity index (χ1) is 14.3. The maximum Gasteiger partial charge on any atom is 0.268 e. The van der Waals surface area contributed by atoms with Crippen LogP contribution in [0.2, 0.25) is 0 Å². The summed E-state index contributed by atoms with van der Waals surface area (Å²) in [4.78, 5) is 15.9. The first kappa shape index (κ1) is 20.1. The molecular weight excluding hydrogens is 400 g/mol. The summed E-state index contributed by atoms with van der Waals surface area (Å²) in [6.07, 6.45) is 2.02. The van der Waals surface area contributed by atoms with Crippen molar-refractivity contribution in [1.29, 1.82) is 0 Å². The summed E-state index contributed by atoms with van der Waals surface area (Å²) in [5.74, 6) is 0.566. The average molecular weight is 423 g/mol. The number of aldehydes is 1. The van der Waals surface area contributed by atoms with Gasteiger partial charge in [0.2, 0.25) is 0 Å². The van der Waals surface area contributed by atoms with Crippen molar-refractivity contribution >= 4 is 38.1 Å². The lowest BCUT2D eigenvalue weighted by Gasteiger charge is -2.12. The van der Waals surface area contributed by atoms with Gasteiger partial charge in [0.1, 0.15) is 11.4 Å². The number of nitrogens with zero attached hydrogens (tertiary/aromatic N) is 2. The van der Waals surface area contributed by atoms with Crippen molar-refractivity contribution in [2.75, 3.05) is 0 Å². The first-order valence-electron chi connectivity index (χ1n) is 9.62. The number of carbonyl (C=O) groups excluding carboxylic acids is 1. The fourth-order valence-corrected chi connectivity index (χ4v) is 5.20. The Balaban J connectivity index is 2.18. The Morgan fingerprint density at radius 3 is 2.33 bits per heavy atom. The predicted octanol–water partition coefficient (Wildman–Crippen LogP) is 4.64. The van der Waals surface area contributed by atoms with E-state index in [4.69, 9.17) is 4.74 Å². The van der Waals surface area contributed by atoms with Crippen molar-refractivity contribution in [3.63, 3.8) is 0 Å². The van der Waals surface area contributed by atoms with Crippen molar-refractivity contribution in [3.8, 4) is 5.75 Å². The molecule has 0 saturated heterocycles. The molecule has 2 aromatic carbocycles. The van der Waals surface area contributed by atoms with E-state index in [1.807, 2.05) is 26.8 Å². The molecule has 0 spiro atoms. The van der Waals surface area contributed by atoms with Crippen molar-refractivity contribution in [2.24, 2.45) is 0 Å². The van der Waals surface area contributed by atoms with Crippen LogP contribution in [0.1, 0.15) is 35.5 Å². The van der Waals surface area contributed by atoms with Crippen molar-refractivity contribution in [3.05, 3.63) is 65.5 Å². The molecule has 4 rings (SSSR count). The van der Waals surface area contributed by atoms with Gasteiger partial charge in [-0.1, -0.05) is 23.8 Å². The van der Waals surface area contributed by atoms with Gasteiger partial charge in [-0.15, -0.1) is 0 Å². The molecule has 7 heteroatoms. The summed E-state index contributed by atoms with van der Waals surface area (Å²) < 4.78 is 34.6. The number of hydrogen-bond donors (Lipinski definition) is 0. The summed E-state index contributed by atoms with van der Waals surface area (Å²) in [5.41, 5.74) is 2.75. The molecule has 0 amide bonds. The Kier molecular flexibility index (Phi) is 4.86. The lowest BCUT2D eigenvalue weighted by Crippen LogP contribution is -2.13. The lowest BCUT2D eigenvalue weighted by molar-refractivity contribution is 0.111. The minimum absolute atomic E-state index is 0.101. The van der Waals surface area contributed by atoms with Crippen LogP contribution >= 0.6 is 0 Å². The van der Waals surface area contributed by atoms with Gasteiger partial charge in [-0.2, -0.15) is 0 Å². The van der Waals surface area contributed by atoms with E-state index < -0.39 is 10.0 Å². The Bertz CT molecular complexity index is 1380. The second-order valence-electron chi connectivity index (χ2n) is 7.55. The molecule has 0 fully saturated rings. The third-order valence-corrected chi connectivity index (χ3v) is 6.81. The Morgan fingerprint density at radius 2 is 1.70 bits per heavy atom. The molecule has 0 radical (unpaired) electrons. The molecule has 2 heterocycles. The van der Waals surface area contributed by atoms with Crippen molar-refractivity contribution in [1.82, 2.24) is 8.96 Å². The number of ether oxygens (including phenoxy) is 1. The molecular formula is C23H22N2O4S. The quantitative estimate of drug-likeness (QED) is 0.438. The number of carbonyl (C=O) groups is 1. The van der Waals surface area contributed by atoms with Crippen LogP contribution < -0.4 is 4.74 Å². The van der Waals surface area contributed by atoms with Gasteiger partial charge in [0, 0.05) is 5.39 Å². The highest BCUT2D eigenvalue weighted by atomic mass is 32.2. The van der Waals surface area contributed by atoms with Crippen LogP contribution in [0.15, 0.2) is 53.6 Å². The van der Waals surface area contributed by atoms with Gasteiger partial charge in [0.05, 0.1) is 33.6 Å². The molecule has 0 aliphatic rings. The van der Waals surface area contributed by atoms with Crippen molar-refractivity contribution < 1.29 is 17.9 Å². The standard InChI is InChI=1S/C23H22N2O4S/c1-14(2)29-21-7-5-6-19-23(21)22-16(4)18(13-26)24-12-20(22)25(19)30(27,28)17-10-8-15(3)9-11-17/h5-14H,1-4H3. The highest BCUT2D eigenvalue weighted by Gasteiger charge is 2.27. The molecule has 0 aliphatic carbocycles. The van der Waals surface area contributed by atoms with Gasteiger partial charge >= 0.3 is 0 Å². The molecule has 2 aromatic heterocycles. The minimum Gasteiger partial charge on any atom is -0.490 e. The lowest BCUT2D eigenvalue weighted by atomic mass is 10.1. The number of aryl methyl sites for hydroxylation is 2. The number of hydrogen-bond acceptors (Lipinski definition) is 5. The molecule has 0 N–H and O–H groups in total. The van der Waals surface area contributed by atoms with E-state index in [0.717, 1.165) is 5.56 Å². The smallest absolute Gasteiger partial charge is 0.268 e. The highest BCUT2D eigenvalue weighted by molar-refractivity contribution is 7.90. The van der Waals surface area contributed by atoms with Crippen LogP contribution in [0.25, 0.3) is 21.8 Å². The second kappa shape index (κ2) is 7.25. The van der Waals surface area contributed by atoms with E-state index in [-0.39, 0.29) is 16.7 Å². The maximum absolute atomic E-state index is 13.7. The second-order valence-corrected chi connectivity index (χ2v) is 9.33. The monoisotopic (exact) mass is 422 g/mol. The van der Waals surface area contributed by atoms with Gasteiger partial charge in [-0.3, -0.25) is 9.78 Å². The average Bonchev–Trinajstić information content (AvgIpc) is 3.05. The summed E-state index contributed by atoms with van der Waals surface area (Å²) in [5, 5.41) is 1.30. The molecule has 0 atom stereocenters. The zero-order valence-electron chi connectivity index (χ0n) is 17.2. The number of pyridine rings is 1. The summed E-state index contributed by atoms with van der Waals surface area (Å²) in [6, 6.07) is 12.0. The summed E-state index contributed by atoms with van der Waals surface area (Å²) in [6.45, 7) is 7.49. The van der Waals surface area contributed by atoms with Gasteiger partial charge in [-0.25, -0.2) is 12.4 Å². The van der Waals surface area contributed by atoms with Gasteiger partial charge in [0.15, 0.2) is 6.29 Å².